The van der Waals surface area contributed by atoms with Crippen LogP contribution in [0.3, 0.4) is 0 Å². The molecule has 0 amide bonds. The quantitative estimate of drug-likeness (QED) is 0.244. The van der Waals surface area contributed by atoms with E-state index in [0.29, 0.717) is 17.4 Å². The van der Waals surface area contributed by atoms with Crippen molar-refractivity contribution in [2.24, 2.45) is 0 Å². The number of ether oxygens (including phenoxy) is 2. The highest BCUT2D eigenvalue weighted by molar-refractivity contribution is 9.10. The van der Waals surface area contributed by atoms with Crippen molar-refractivity contribution in [3.8, 4) is 28.8 Å². The molecule has 0 saturated carbocycles. The summed E-state index contributed by atoms with van der Waals surface area (Å²) in [6.07, 6.45) is 1.67. The van der Waals surface area contributed by atoms with E-state index in [1.807, 2.05) is 48.5 Å². The maximum atomic E-state index is 6.51. The third-order valence-electron chi connectivity index (χ3n) is 6.66. The fourth-order valence-electron chi connectivity index (χ4n) is 4.95. The van der Waals surface area contributed by atoms with Crippen molar-refractivity contribution in [1.29, 1.82) is 0 Å². The number of rotatable bonds is 3. The average Bonchev–Trinajstić information content (AvgIpc) is 3.36. The normalized spacial score (nSPS) is 14.3. The Hall–Kier alpha value is -4.23. The summed E-state index contributed by atoms with van der Waals surface area (Å²) in [5.41, 5.74) is 4.67. The molecule has 0 N–H and O–H groups in total. The molecule has 1 aliphatic heterocycles. The Labute approximate surface area is 215 Å². The van der Waals surface area contributed by atoms with Crippen molar-refractivity contribution in [2.75, 3.05) is 7.11 Å². The molecule has 0 fully saturated rings. The van der Waals surface area contributed by atoms with E-state index in [0.717, 1.165) is 49.0 Å². The van der Waals surface area contributed by atoms with Crippen LogP contribution in [0.25, 0.3) is 27.8 Å². The van der Waals surface area contributed by atoms with Gasteiger partial charge in [0.15, 0.2) is 11.5 Å². The van der Waals surface area contributed by atoms with Crippen LogP contribution >= 0.6 is 15.9 Å². The van der Waals surface area contributed by atoms with Crippen LogP contribution in [0.5, 0.6) is 17.4 Å². The zero-order valence-electron chi connectivity index (χ0n) is 19.2. The Kier molecular flexibility index (Phi) is 4.79. The maximum absolute atomic E-state index is 6.51. The van der Waals surface area contributed by atoms with E-state index < -0.39 is 0 Å². The highest BCUT2D eigenvalue weighted by Gasteiger charge is 2.34. The number of hydrogen-bond donors (Lipinski definition) is 0. The van der Waals surface area contributed by atoms with Crippen LogP contribution in [0.2, 0.25) is 0 Å². The largest absolute Gasteiger partial charge is 0.497 e. The predicted octanol–water partition coefficient (Wildman–Crippen LogP) is 7.00. The molecule has 2 aromatic heterocycles. The number of aromatic nitrogens is 4. The summed E-state index contributed by atoms with van der Waals surface area (Å²) in [6, 6.07) is 28.6. The van der Waals surface area contributed by atoms with Gasteiger partial charge in [-0.05, 0) is 35.2 Å². The van der Waals surface area contributed by atoms with Crippen molar-refractivity contribution in [3.05, 3.63) is 112 Å². The SMILES string of the molecule is COc1ccc([C@H]2c3ccc4ccccc4c3Oc3ncn4nc(-c5ccccc5Br)nc4c32)cc1. The van der Waals surface area contributed by atoms with Gasteiger partial charge in [-0.2, -0.15) is 0 Å². The average molecular weight is 535 g/mol. The minimum atomic E-state index is -0.147. The number of hydrogen-bond acceptors (Lipinski definition) is 5. The van der Waals surface area contributed by atoms with E-state index in [1.54, 1.807) is 18.0 Å². The number of methoxy groups -OCH3 is 1. The highest BCUT2D eigenvalue weighted by atomic mass is 79.9. The summed E-state index contributed by atoms with van der Waals surface area (Å²) in [5, 5.41) is 6.92. The number of nitrogens with zero attached hydrogens (tertiary/aromatic N) is 4. The van der Waals surface area contributed by atoms with Gasteiger partial charge in [0.05, 0.1) is 12.7 Å². The maximum Gasteiger partial charge on any atom is 0.228 e. The second kappa shape index (κ2) is 8.17. The molecule has 1 aliphatic rings. The summed E-state index contributed by atoms with van der Waals surface area (Å²) in [5.74, 6) is 2.64. The van der Waals surface area contributed by atoms with E-state index in [9.17, 15) is 0 Å². The van der Waals surface area contributed by atoms with Crippen molar-refractivity contribution >= 4 is 32.3 Å². The molecule has 3 heterocycles. The first kappa shape index (κ1) is 21.1. The Morgan fingerprint density at radius 3 is 2.56 bits per heavy atom. The lowest BCUT2D eigenvalue weighted by molar-refractivity contribution is 0.414. The van der Waals surface area contributed by atoms with Gasteiger partial charge in [0.2, 0.25) is 5.88 Å². The van der Waals surface area contributed by atoms with Gasteiger partial charge in [0.25, 0.3) is 0 Å². The highest BCUT2D eigenvalue weighted by Crippen LogP contribution is 2.50. The van der Waals surface area contributed by atoms with E-state index in [2.05, 4.69) is 52.3 Å². The van der Waals surface area contributed by atoms with Crippen LogP contribution in [0, 0.1) is 0 Å². The number of fused-ring (bicyclic) bond motifs is 6. The first-order chi connectivity index (χ1) is 17.7. The third-order valence-corrected chi connectivity index (χ3v) is 7.35. The van der Waals surface area contributed by atoms with Gasteiger partial charge >= 0.3 is 0 Å². The van der Waals surface area contributed by atoms with E-state index in [4.69, 9.17) is 24.5 Å². The molecule has 0 aliphatic carbocycles. The minimum Gasteiger partial charge on any atom is -0.497 e. The van der Waals surface area contributed by atoms with E-state index in [1.165, 1.54) is 0 Å². The first-order valence-electron chi connectivity index (χ1n) is 11.5. The third kappa shape index (κ3) is 3.20. The van der Waals surface area contributed by atoms with Crippen molar-refractivity contribution < 1.29 is 9.47 Å². The number of benzene rings is 4. The lowest BCUT2D eigenvalue weighted by Crippen LogP contribution is -2.15. The molecule has 36 heavy (non-hydrogen) atoms. The van der Waals surface area contributed by atoms with Crippen LogP contribution in [-0.4, -0.2) is 26.7 Å². The Morgan fingerprint density at radius 2 is 1.72 bits per heavy atom. The van der Waals surface area contributed by atoms with E-state index >= 15 is 0 Å². The Balaban J connectivity index is 1.51. The summed E-state index contributed by atoms with van der Waals surface area (Å²) in [4.78, 5) is 9.67. The Morgan fingerprint density at radius 1 is 0.917 bits per heavy atom. The van der Waals surface area contributed by atoms with Crippen LogP contribution in [0.4, 0.5) is 0 Å². The zero-order valence-corrected chi connectivity index (χ0v) is 20.8. The van der Waals surface area contributed by atoms with Crippen molar-refractivity contribution in [3.63, 3.8) is 0 Å². The van der Waals surface area contributed by atoms with Gasteiger partial charge in [-0.25, -0.2) is 14.5 Å². The number of halogens is 1. The molecule has 0 bridgehead atoms. The second-order valence-electron chi connectivity index (χ2n) is 8.66. The standard InChI is InChI=1S/C29H19BrN4O2/c1-35-19-13-10-18(11-14-19)24-22-15-12-17-6-2-3-7-20(17)26(22)36-29-25(24)28-32-27(33-34(28)16-31-29)21-8-4-5-9-23(21)30/h2-16,24H,1H3/t24-/m0/s1. The van der Waals surface area contributed by atoms with Gasteiger partial charge in [-0.3, -0.25) is 0 Å². The van der Waals surface area contributed by atoms with Crippen molar-refractivity contribution in [2.45, 2.75) is 5.92 Å². The zero-order chi connectivity index (χ0) is 24.2. The van der Waals surface area contributed by atoms with Crippen LogP contribution in [0.15, 0.2) is 95.7 Å². The summed E-state index contributed by atoms with van der Waals surface area (Å²) >= 11 is 3.63. The van der Waals surface area contributed by atoms with Gasteiger partial charge in [-0.1, -0.05) is 76.6 Å². The fourth-order valence-corrected chi connectivity index (χ4v) is 5.41. The smallest absolute Gasteiger partial charge is 0.228 e. The van der Waals surface area contributed by atoms with Crippen LogP contribution < -0.4 is 9.47 Å². The molecule has 0 spiro atoms. The molecule has 1 atom stereocenters. The molecular formula is C29H19BrN4O2. The predicted molar refractivity (Wildman–Crippen MR) is 142 cm³/mol. The Bertz CT molecular complexity index is 1780. The summed E-state index contributed by atoms with van der Waals surface area (Å²) < 4.78 is 14.6. The van der Waals surface area contributed by atoms with Crippen LogP contribution in [-0.2, 0) is 0 Å². The van der Waals surface area contributed by atoms with Gasteiger partial charge in [0.1, 0.15) is 17.8 Å². The molecule has 0 saturated heterocycles. The molecule has 7 rings (SSSR count). The molecule has 6 aromatic rings. The molecule has 7 heteroatoms. The monoisotopic (exact) mass is 534 g/mol. The lowest BCUT2D eigenvalue weighted by atomic mass is 9.83. The molecular weight excluding hydrogens is 516 g/mol. The first-order valence-corrected chi connectivity index (χ1v) is 12.3. The van der Waals surface area contributed by atoms with Crippen molar-refractivity contribution in [1.82, 2.24) is 19.6 Å². The molecule has 6 nitrogen and oxygen atoms in total. The molecule has 0 radical (unpaired) electrons. The molecule has 0 unspecified atom stereocenters. The second-order valence-corrected chi connectivity index (χ2v) is 9.51. The summed E-state index contributed by atoms with van der Waals surface area (Å²) in [6.45, 7) is 0. The van der Waals surface area contributed by atoms with Crippen LogP contribution in [0.1, 0.15) is 22.6 Å². The van der Waals surface area contributed by atoms with Gasteiger partial charge in [0, 0.05) is 26.9 Å². The minimum absolute atomic E-state index is 0.147. The lowest BCUT2D eigenvalue weighted by Gasteiger charge is -2.28. The summed E-state index contributed by atoms with van der Waals surface area (Å²) in [7, 11) is 1.67. The van der Waals surface area contributed by atoms with Gasteiger partial charge < -0.3 is 9.47 Å². The molecule has 4 aromatic carbocycles. The van der Waals surface area contributed by atoms with Gasteiger partial charge in [-0.15, -0.1) is 5.10 Å². The topological polar surface area (TPSA) is 61.5 Å². The van der Waals surface area contributed by atoms with E-state index in [-0.39, 0.29) is 5.92 Å². The molecule has 174 valence electrons. The fraction of sp³-hybridized carbons (Fsp3) is 0.0690.